The maximum absolute atomic E-state index is 1.88. The quantitative estimate of drug-likeness (QED) is 0.316. The van der Waals surface area contributed by atoms with E-state index in [1.54, 1.807) is 0 Å². The number of hydrogen-bond acceptors (Lipinski definition) is 0. The third kappa shape index (κ3) is 2.42. The van der Waals surface area contributed by atoms with Crippen molar-refractivity contribution in [3.05, 3.63) is 0 Å². The van der Waals surface area contributed by atoms with E-state index >= 15 is 0 Å². The molecule has 0 nitrogen and oxygen atoms in total. The van der Waals surface area contributed by atoms with Gasteiger partial charge in [0.1, 0.15) is 0 Å². The molecule has 0 aromatic carbocycles. The first-order chi connectivity index (χ1) is 31.4. The van der Waals surface area contributed by atoms with Crippen LogP contribution in [0.2, 0.25) is 0 Å². The number of hydrogen-bond donors (Lipinski definition) is 0. The van der Waals surface area contributed by atoms with Gasteiger partial charge in [0.2, 0.25) is 0 Å². The van der Waals surface area contributed by atoms with Crippen LogP contribution in [0.1, 0.15) is 25.7 Å². The molecule has 0 saturated heterocycles. The molecule has 48 aliphatic rings. The normalized spacial score (nSPS) is 103. The van der Waals surface area contributed by atoms with E-state index in [0.29, 0.717) is 0 Å². The second-order valence-corrected chi connectivity index (χ2v) is 41.9. The zero-order chi connectivity index (χ0) is 34.2. The molecule has 35 spiro atoms. The largest absolute Gasteiger partial charge is 0.0458 e. The van der Waals surface area contributed by atoms with Gasteiger partial charge in [-0.25, -0.2) is 0 Å². The van der Waals surface area contributed by atoms with Crippen molar-refractivity contribution < 1.29 is 764 Å². The molecule has 48 saturated carbocycles. The summed E-state index contributed by atoms with van der Waals surface area (Å²) in [5.74, 6) is 34.1. The van der Waals surface area contributed by atoms with Gasteiger partial charge in [-0.2, -0.15) is 0 Å². The first-order valence-electron chi connectivity index (χ1n) is 31.4. The zero-order valence-electron chi connectivity index (χ0n) is 54.0. The minimum Gasteiger partial charge on any atom is -0.0458 e. The van der Waals surface area contributed by atoms with Gasteiger partial charge in [-0.05, 0) is 357 Å². The summed E-state index contributed by atoms with van der Waals surface area (Å²) in [5.41, 5.74) is 40.1. The Balaban J connectivity index is 0.000000206. The van der Waals surface area contributed by atoms with Gasteiger partial charge in [0.05, 0.1) is 0 Å². The van der Waals surface area contributed by atoms with Crippen molar-refractivity contribution in [3.8, 4) is 0 Å². The topological polar surface area (TPSA) is 0 Å². The van der Waals surface area contributed by atoms with Crippen molar-refractivity contribution in [1.82, 2.24) is 0 Å². The molecule has 48 fully saturated rings. The monoisotopic (exact) mass is 3980 g/mol. The van der Waals surface area contributed by atoms with E-state index in [1.165, 1.54) is 169 Å². The summed E-state index contributed by atoms with van der Waals surface area (Å²) >= 11 is 0. The first kappa shape index (κ1) is 84.9. The zero-order valence-corrected chi connectivity index (χ0v) is 167. The molecule has 340 valence electrons. The summed E-state index contributed by atoms with van der Waals surface area (Å²) in [6.45, 7) is 0. The van der Waals surface area contributed by atoms with E-state index in [0.717, 1.165) is 162 Å². The maximum Gasteiger partial charge on any atom is 0 e. The molecule has 28 heteroatoms. The summed E-state index contributed by atoms with van der Waals surface area (Å²) < 4.78 is 0. The fourth-order valence-electron chi connectivity index (χ4n) is 74.8. The summed E-state index contributed by atoms with van der Waals surface area (Å²) in [6.07, 6.45) is 7.54. The Morgan fingerprint density at radius 2 is 0.220 bits per heavy atom. The van der Waals surface area contributed by atoms with E-state index in [9.17, 15) is 0 Å². The van der Waals surface area contributed by atoms with Crippen LogP contribution in [0.25, 0.3) is 0 Å². The minimum atomic E-state index is 0. The molecule has 0 amide bonds. The van der Waals surface area contributed by atoms with Crippen LogP contribution >= 0.6 is 0 Å². The van der Waals surface area contributed by atoms with Crippen LogP contribution in [-0.4, -0.2) is 0 Å². The van der Waals surface area contributed by atoms with E-state index in [4.69, 9.17) is 0 Å². The second kappa shape index (κ2) is 15.7. The smallest absolute Gasteiger partial charge is 0 e. The third-order valence-electron chi connectivity index (χ3n) is 57.3. The average molecular weight is 3940 g/mol. The molecule has 48 aliphatic carbocycles. The Labute approximate surface area is 1090 Å². The molecule has 0 radical (unpaired) electrons. The van der Waals surface area contributed by atoms with Gasteiger partial charge in [0, 0.05) is 764 Å². The molecule has 0 heterocycles. The molecule has 0 N–H and O–H groups in total. The van der Waals surface area contributed by atoms with Gasteiger partial charge in [-0.3, -0.25) is 0 Å². The van der Waals surface area contributed by atoms with Crippen molar-refractivity contribution >= 4 is 0 Å². The number of fused-ring (bicyclic) bond motifs is 20. The molecule has 0 aromatic rings. The Morgan fingerprint density at radius 1 is 0.110 bits per heavy atom. The van der Waals surface area contributed by atoms with Crippen molar-refractivity contribution in [2.75, 3.05) is 0 Å². The van der Waals surface area contributed by atoms with Crippen molar-refractivity contribution in [3.63, 3.8) is 0 Å². The van der Waals surface area contributed by atoms with Crippen LogP contribution in [-0.2, 0) is 764 Å². The van der Waals surface area contributed by atoms with Crippen LogP contribution in [0.5, 0.6) is 0 Å². The van der Waals surface area contributed by atoms with Crippen molar-refractivity contribution in [2.24, 2.45) is 332 Å². The summed E-state index contributed by atoms with van der Waals surface area (Å²) in [7, 11) is 0. The van der Waals surface area contributed by atoms with E-state index in [2.05, 4.69) is 0 Å². The summed E-state index contributed by atoms with van der Waals surface area (Å²) in [5, 5.41) is 0. The first-order valence-corrected chi connectivity index (χ1v) is 31.4. The number of rotatable bonds is 0. The van der Waals surface area contributed by atoms with Gasteiger partial charge in [0.15, 0.2) is 0 Å². The molecular formula is C63H32Cd28. The van der Waals surface area contributed by atoms with Gasteiger partial charge in [-0.15, -0.1) is 0 Å². The van der Waals surface area contributed by atoms with Crippen LogP contribution in [0, 0.1) is 332 Å². The average Bonchev–Trinajstić information content (AvgIpc) is 3.13. The molecule has 0 bridgehead atoms. The Morgan fingerprint density at radius 3 is 0.407 bits per heavy atom. The van der Waals surface area contributed by atoms with Crippen LogP contribution < -0.4 is 0 Å². The van der Waals surface area contributed by atoms with Gasteiger partial charge < -0.3 is 0 Å². The van der Waals surface area contributed by atoms with E-state index in [1.807, 2.05) is 25.7 Å². The molecule has 44 unspecified atom stereocenters. The molecule has 0 aliphatic heterocycles. The fourth-order valence-corrected chi connectivity index (χ4v) is 74.8. The van der Waals surface area contributed by atoms with E-state index < -0.39 is 0 Å². The van der Waals surface area contributed by atoms with Crippen LogP contribution in [0.3, 0.4) is 0 Å². The van der Waals surface area contributed by atoms with Gasteiger partial charge >= 0.3 is 0 Å². The summed E-state index contributed by atoms with van der Waals surface area (Å²) in [4.78, 5) is 0. The summed E-state index contributed by atoms with van der Waals surface area (Å²) in [6, 6.07) is 0. The second-order valence-electron chi connectivity index (χ2n) is 41.9. The van der Waals surface area contributed by atoms with Gasteiger partial charge in [-0.1, -0.05) is 0 Å². The maximum atomic E-state index is 1.88. The van der Waals surface area contributed by atoms with Crippen molar-refractivity contribution in [2.45, 2.75) is 25.7 Å². The van der Waals surface area contributed by atoms with Crippen molar-refractivity contribution in [1.29, 1.82) is 0 Å². The molecule has 0 aromatic heterocycles. The van der Waals surface area contributed by atoms with Crippen LogP contribution in [0.15, 0.2) is 0 Å². The predicted octanol–water partition coefficient (Wildman–Crippen LogP) is 4.44. The third-order valence-corrected chi connectivity index (χ3v) is 57.3. The molecule has 44 atom stereocenters. The predicted molar refractivity (Wildman–Crippen MR) is 187 cm³/mol. The molecule has 48 rings (SSSR count). The molecular weight excluding hydrogens is 3900 g/mol. The van der Waals surface area contributed by atoms with E-state index in [-0.39, 0.29) is 764 Å². The minimum absolute atomic E-state index is 0. The Bertz CT molecular complexity index is 4200. The Kier molecular flexibility index (Phi) is 14.7. The molecule has 91 heavy (non-hydrogen) atoms. The Hall–Kier alpha value is 25.8. The van der Waals surface area contributed by atoms with Crippen LogP contribution in [0.4, 0.5) is 0 Å². The SMILES string of the molecule is C1C2C3C4C5C6CC7C8C9C%10C%11C%12C%13CC%14C%15C%16C%17C%18CC%19C%20C%21C%22C%23C%24C1C21C32C43C54C67C85C96C%107C%118C%129C%14%13C%15%10C%16%11C%17%12C%18%19C%20%13C%21%14C%22%15C%23%16C%241C21C32C45C63C74C85C%109C%116C%12%13C%147C%158C%161C23C84C675.[Cd].[Cd].[Cd].[Cd].[Cd].[Cd].[Cd].[Cd].[Cd].[Cd].[Cd].[Cd].[Cd].[Cd].[Cd].[Cd].[Cd].[Cd].[Cd].[Cd].[Cd].[Cd].[Cd].[Cd].[Cd].[Cd].[Cd].[Cd]. The standard InChI is InChI=1S/C63H32.28Cd/c1-5-13-21-14-6-2-10-19-25-28-26-20-12-4-8-16-22-15-7-3-11-18-24-27-23-17-9(1)29(5)33(13)41(21)34(14)30(6,10)39(19)45(25)48(28)46(26)40(20)32(8,12)36(16)42(22)35(15)31(7,11)38(18)44(24)47(27)43(23)37(17,29)49(33)53(41)50(34,39)57(45)60(48)58(46)52(36,40)54(42)51(35,38)56(44)59(47)55(43,49)61(53,57)63(59,60)62(54,56)58;;;;;;;;;;;;;;;;;;;;;;;;;;;;/h5-28H,1-4H2;;;;;;;;;;;;;;;;;;;;;;;;;;;;. The van der Waals surface area contributed by atoms with Gasteiger partial charge in [0.25, 0.3) is 0 Å². The fraction of sp³-hybridized carbons (Fsp3) is 1.00.